The number of nitrogens with one attached hydrogen (secondary N) is 1. The average Bonchev–Trinajstić information content (AvgIpc) is 2.60. The molecule has 0 unspecified atom stereocenters. The summed E-state index contributed by atoms with van der Waals surface area (Å²) in [6.07, 6.45) is 0. The molecule has 0 aromatic heterocycles. The van der Waals surface area contributed by atoms with Gasteiger partial charge in [0.1, 0.15) is 5.69 Å². The molecule has 0 heterocycles. The maximum absolute atomic E-state index is 13.5. The van der Waals surface area contributed by atoms with E-state index in [-0.39, 0.29) is 22.6 Å². The van der Waals surface area contributed by atoms with Crippen molar-refractivity contribution in [2.45, 2.75) is 33.7 Å². The average molecular weight is 252 g/mol. The van der Waals surface area contributed by atoms with Crippen molar-refractivity contribution in [1.29, 1.82) is 0 Å². The Morgan fingerprint density at radius 2 is 1.83 bits per heavy atom. The number of para-hydroxylation sites is 1. The molecule has 1 aliphatic carbocycles. The maximum atomic E-state index is 13.5. The van der Waals surface area contributed by atoms with Gasteiger partial charge in [-0.05, 0) is 23.0 Å². The number of hydrogen-bond acceptors (Lipinski definition) is 3. The Labute approximate surface area is 105 Å². The molecule has 98 valence electrons. The van der Waals surface area contributed by atoms with E-state index in [0.717, 1.165) is 6.07 Å². The van der Waals surface area contributed by atoms with Crippen molar-refractivity contribution in [2.24, 2.45) is 10.8 Å². The minimum absolute atomic E-state index is 0.0349. The fraction of sp³-hybridized carbons (Fsp3) is 0.538. The Morgan fingerprint density at radius 3 is 2.28 bits per heavy atom. The summed E-state index contributed by atoms with van der Waals surface area (Å²) in [5.74, 6) is -0.804. The molecule has 0 amide bonds. The van der Waals surface area contributed by atoms with Crippen LogP contribution in [0, 0.1) is 26.8 Å². The summed E-state index contributed by atoms with van der Waals surface area (Å²) >= 11 is 0. The number of benzene rings is 1. The second-order valence-electron chi connectivity index (χ2n) is 5.91. The smallest absolute Gasteiger partial charge is 0.327 e. The lowest BCUT2D eigenvalue weighted by molar-refractivity contribution is -0.386. The van der Waals surface area contributed by atoms with Crippen molar-refractivity contribution in [3.05, 3.63) is 34.1 Å². The zero-order valence-corrected chi connectivity index (χ0v) is 11.0. The first-order valence-corrected chi connectivity index (χ1v) is 5.89. The molecule has 0 aliphatic heterocycles. The van der Waals surface area contributed by atoms with E-state index in [0.29, 0.717) is 0 Å². The summed E-state index contributed by atoms with van der Waals surface area (Å²) in [4.78, 5) is 10.2. The lowest BCUT2D eigenvalue weighted by Crippen LogP contribution is -2.12. The monoisotopic (exact) mass is 252 g/mol. The first-order chi connectivity index (χ1) is 8.19. The molecule has 1 fully saturated rings. The lowest BCUT2D eigenvalue weighted by Gasteiger charge is -2.09. The van der Waals surface area contributed by atoms with Gasteiger partial charge in [-0.15, -0.1) is 0 Å². The largest absolute Gasteiger partial charge is 0.376 e. The van der Waals surface area contributed by atoms with E-state index < -0.39 is 16.4 Å². The molecule has 2 rings (SSSR count). The maximum Gasteiger partial charge on any atom is 0.327 e. The molecule has 4 nitrogen and oxygen atoms in total. The van der Waals surface area contributed by atoms with Gasteiger partial charge in [-0.3, -0.25) is 10.1 Å². The summed E-state index contributed by atoms with van der Waals surface area (Å²) in [7, 11) is 0. The van der Waals surface area contributed by atoms with Gasteiger partial charge in [0, 0.05) is 6.04 Å². The minimum Gasteiger partial charge on any atom is -0.376 e. The SMILES string of the molecule is CC1(C)C(Nc2cccc(F)c2[N+](=O)[O-])C1(C)C. The van der Waals surface area contributed by atoms with Crippen molar-refractivity contribution in [3.8, 4) is 0 Å². The topological polar surface area (TPSA) is 55.2 Å². The molecule has 1 aromatic rings. The standard InChI is InChI=1S/C13H17FN2O2/c1-12(2)11(13(12,3)4)15-9-7-5-6-8(14)10(9)16(17)18/h5-7,11,15H,1-4H3. The molecule has 1 saturated carbocycles. The normalized spacial score (nSPS) is 20.5. The zero-order chi connectivity index (χ0) is 13.7. The van der Waals surface area contributed by atoms with E-state index in [4.69, 9.17) is 0 Å². The molecular formula is C13H17FN2O2. The highest BCUT2D eigenvalue weighted by molar-refractivity contribution is 5.63. The molecule has 1 aliphatic rings. The van der Waals surface area contributed by atoms with Gasteiger partial charge in [0.2, 0.25) is 5.82 Å². The summed E-state index contributed by atoms with van der Waals surface area (Å²) in [5, 5.41) is 14.0. The van der Waals surface area contributed by atoms with Gasteiger partial charge < -0.3 is 5.32 Å². The fourth-order valence-electron chi connectivity index (χ4n) is 2.53. The van der Waals surface area contributed by atoms with E-state index in [2.05, 4.69) is 33.0 Å². The van der Waals surface area contributed by atoms with Crippen LogP contribution >= 0.6 is 0 Å². The first kappa shape index (κ1) is 12.8. The quantitative estimate of drug-likeness (QED) is 0.660. The number of anilines is 1. The van der Waals surface area contributed by atoms with Gasteiger partial charge in [-0.2, -0.15) is 4.39 Å². The Morgan fingerprint density at radius 1 is 1.28 bits per heavy atom. The molecule has 0 saturated heterocycles. The Hall–Kier alpha value is -1.65. The number of rotatable bonds is 3. The van der Waals surface area contributed by atoms with Crippen LogP contribution in [-0.4, -0.2) is 11.0 Å². The summed E-state index contributed by atoms with van der Waals surface area (Å²) < 4.78 is 13.5. The van der Waals surface area contributed by atoms with Crippen molar-refractivity contribution in [1.82, 2.24) is 0 Å². The van der Waals surface area contributed by atoms with Crippen LogP contribution in [0.2, 0.25) is 0 Å². The van der Waals surface area contributed by atoms with Gasteiger partial charge in [-0.25, -0.2) is 0 Å². The van der Waals surface area contributed by atoms with E-state index in [9.17, 15) is 14.5 Å². The van der Waals surface area contributed by atoms with Gasteiger partial charge in [0.15, 0.2) is 0 Å². The summed E-state index contributed by atoms with van der Waals surface area (Å²) in [6.45, 7) is 8.37. The summed E-state index contributed by atoms with van der Waals surface area (Å²) in [5.41, 5.74) is -0.153. The second kappa shape index (κ2) is 3.67. The highest BCUT2D eigenvalue weighted by Gasteiger charge is 2.65. The van der Waals surface area contributed by atoms with Gasteiger partial charge in [0.25, 0.3) is 0 Å². The highest BCUT2D eigenvalue weighted by Crippen LogP contribution is 2.64. The second-order valence-corrected chi connectivity index (χ2v) is 5.91. The van der Waals surface area contributed by atoms with E-state index >= 15 is 0 Å². The Kier molecular flexibility index (Phi) is 2.61. The van der Waals surface area contributed by atoms with Crippen molar-refractivity contribution in [3.63, 3.8) is 0 Å². The van der Waals surface area contributed by atoms with Crippen LogP contribution in [0.25, 0.3) is 0 Å². The van der Waals surface area contributed by atoms with Crippen LogP contribution in [0.15, 0.2) is 18.2 Å². The van der Waals surface area contributed by atoms with E-state index in [1.165, 1.54) is 6.07 Å². The van der Waals surface area contributed by atoms with Crippen LogP contribution in [0.4, 0.5) is 15.8 Å². The molecule has 1 aromatic carbocycles. The first-order valence-electron chi connectivity index (χ1n) is 5.89. The Balaban J connectivity index is 2.32. The molecule has 0 bridgehead atoms. The van der Waals surface area contributed by atoms with E-state index in [1.54, 1.807) is 6.07 Å². The number of halogens is 1. The van der Waals surface area contributed by atoms with Crippen LogP contribution in [-0.2, 0) is 0 Å². The van der Waals surface area contributed by atoms with Gasteiger partial charge in [-0.1, -0.05) is 33.8 Å². The molecule has 0 radical (unpaired) electrons. The zero-order valence-electron chi connectivity index (χ0n) is 11.0. The fourth-order valence-corrected chi connectivity index (χ4v) is 2.53. The number of nitro benzene ring substituents is 1. The molecular weight excluding hydrogens is 235 g/mol. The van der Waals surface area contributed by atoms with Crippen molar-refractivity contribution >= 4 is 11.4 Å². The van der Waals surface area contributed by atoms with Crippen LogP contribution in [0.5, 0.6) is 0 Å². The number of nitrogens with zero attached hydrogens (tertiary/aromatic N) is 1. The van der Waals surface area contributed by atoms with Gasteiger partial charge in [0.05, 0.1) is 4.92 Å². The predicted molar refractivity (Wildman–Crippen MR) is 68.0 cm³/mol. The van der Waals surface area contributed by atoms with Gasteiger partial charge >= 0.3 is 5.69 Å². The molecule has 0 atom stereocenters. The van der Waals surface area contributed by atoms with Crippen molar-refractivity contribution < 1.29 is 9.31 Å². The van der Waals surface area contributed by atoms with Crippen molar-refractivity contribution in [2.75, 3.05) is 5.32 Å². The summed E-state index contributed by atoms with van der Waals surface area (Å²) in [6, 6.07) is 4.23. The third kappa shape index (κ3) is 1.65. The Bertz CT molecular complexity index is 498. The third-order valence-corrected chi connectivity index (χ3v) is 4.49. The predicted octanol–water partition coefficient (Wildman–Crippen LogP) is 3.58. The highest BCUT2D eigenvalue weighted by atomic mass is 19.1. The molecule has 0 spiro atoms. The van der Waals surface area contributed by atoms with Crippen LogP contribution in [0.3, 0.4) is 0 Å². The minimum atomic E-state index is -0.804. The molecule has 1 N–H and O–H groups in total. The lowest BCUT2D eigenvalue weighted by atomic mass is 10.0. The third-order valence-electron chi connectivity index (χ3n) is 4.49. The number of hydrogen-bond donors (Lipinski definition) is 1. The van der Waals surface area contributed by atoms with Crippen LogP contribution < -0.4 is 5.32 Å². The van der Waals surface area contributed by atoms with Crippen LogP contribution in [0.1, 0.15) is 27.7 Å². The number of nitro groups is 1. The molecule has 18 heavy (non-hydrogen) atoms. The molecule has 5 heteroatoms. The van der Waals surface area contributed by atoms with E-state index in [1.807, 2.05) is 0 Å².